The molecule has 2 saturated heterocycles. The molecule has 4 aliphatic heterocycles. The number of fused-ring (bicyclic) bond motifs is 1. The number of carbonyl (C=O) groups is 1. The molecule has 3 nitrogen and oxygen atoms in total. The lowest BCUT2D eigenvalue weighted by molar-refractivity contribution is -0.135. The summed E-state index contributed by atoms with van der Waals surface area (Å²) in [5, 5.41) is 0. The molecule has 4 heterocycles. The summed E-state index contributed by atoms with van der Waals surface area (Å²) in [6.07, 6.45) is 29.6. The fraction of sp³-hybridized carbons (Fsp3) is 0.844. The fourth-order valence-corrected chi connectivity index (χ4v) is 8.44. The van der Waals surface area contributed by atoms with Crippen molar-refractivity contribution < 1.29 is 4.79 Å². The van der Waals surface area contributed by atoms with E-state index in [1.807, 2.05) is 0 Å². The fourth-order valence-electron chi connectivity index (χ4n) is 8.44. The number of hydrogen-bond donors (Lipinski definition) is 0. The quantitative estimate of drug-likeness (QED) is 0.343. The van der Waals surface area contributed by atoms with Crippen LogP contribution in [0.5, 0.6) is 0 Å². The average Bonchev–Trinajstić information content (AvgIpc) is 2.87. The Morgan fingerprint density at radius 2 is 1.46 bits per heavy atom. The second kappa shape index (κ2) is 13.0. The standard InChI is InChI=1S/C32H52N2O/c35-31-19-22-34-21-18-28-27-23-26-15-11-8-9-13-17-30(31)32(34)29(28)16-12-7-5-3-1-2-4-6-10-14-20-33(24-26)25-27/h2,4,23,27-30,32H,1,3,5-22,24-25H2. The van der Waals surface area contributed by atoms with Crippen LogP contribution >= 0.6 is 0 Å². The SMILES string of the molecule is O=C1CCN2CCC3C4C=C5CCCCCCC1C2C3CCCCCCC=CCCCCN(C5)C4. The molecule has 0 radical (unpaired) electrons. The van der Waals surface area contributed by atoms with Crippen LogP contribution in [0.4, 0.5) is 0 Å². The maximum absolute atomic E-state index is 13.3. The smallest absolute Gasteiger partial charge is 0.138 e. The first-order valence-corrected chi connectivity index (χ1v) is 15.6. The average molecular weight is 481 g/mol. The zero-order chi connectivity index (χ0) is 23.9. The van der Waals surface area contributed by atoms with E-state index in [-0.39, 0.29) is 0 Å². The number of carbonyl (C=O) groups excluding carboxylic acids is 1. The number of nitrogens with zero attached hydrogens (tertiary/aromatic N) is 2. The van der Waals surface area contributed by atoms with Crippen LogP contribution in [0.1, 0.15) is 109 Å². The molecular formula is C32H52N2O. The Balaban J connectivity index is 1.44. The summed E-state index contributed by atoms with van der Waals surface area (Å²) in [4.78, 5) is 18.9. The molecule has 5 rings (SSSR count). The van der Waals surface area contributed by atoms with Crippen molar-refractivity contribution in [3.63, 3.8) is 0 Å². The molecular weight excluding hydrogens is 428 g/mol. The Morgan fingerprint density at radius 3 is 2.34 bits per heavy atom. The van der Waals surface area contributed by atoms with Crippen LogP contribution in [-0.2, 0) is 4.79 Å². The van der Waals surface area contributed by atoms with Crippen molar-refractivity contribution in [1.29, 1.82) is 0 Å². The molecule has 0 aromatic heterocycles. The largest absolute Gasteiger partial charge is 0.299 e. The van der Waals surface area contributed by atoms with E-state index >= 15 is 0 Å². The van der Waals surface area contributed by atoms with E-state index in [1.165, 1.54) is 122 Å². The molecule has 0 saturated carbocycles. The third kappa shape index (κ3) is 6.69. The molecule has 1 aliphatic carbocycles. The number of piperidine rings is 2. The van der Waals surface area contributed by atoms with Gasteiger partial charge in [-0.25, -0.2) is 0 Å². The second-order valence-corrected chi connectivity index (χ2v) is 12.6. The predicted octanol–water partition coefficient (Wildman–Crippen LogP) is 7.18. The van der Waals surface area contributed by atoms with E-state index in [4.69, 9.17) is 0 Å². The molecule has 6 atom stereocenters. The zero-order valence-electron chi connectivity index (χ0n) is 22.5. The van der Waals surface area contributed by atoms with Crippen LogP contribution in [0.15, 0.2) is 23.8 Å². The molecule has 5 aliphatic rings. The van der Waals surface area contributed by atoms with Gasteiger partial charge < -0.3 is 0 Å². The summed E-state index contributed by atoms with van der Waals surface area (Å²) in [6, 6.07) is 0.535. The zero-order valence-corrected chi connectivity index (χ0v) is 22.5. The molecule has 6 unspecified atom stereocenters. The van der Waals surface area contributed by atoms with E-state index in [9.17, 15) is 4.79 Å². The minimum Gasteiger partial charge on any atom is -0.299 e. The van der Waals surface area contributed by atoms with Crippen LogP contribution in [-0.4, -0.2) is 54.3 Å². The van der Waals surface area contributed by atoms with Gasteiger partial charge in [0.05, 0.1) is 0 Å². The van der Waals surface area contributed by atoms with E-state index < -0.39 is 0 Å². The van der Waals surface area contributed by atoms with Gasteiger partial charge in [0.15, 0.2) is 0 Å². The third-order valence-corrected chi connectivity index (χ3v) is 10.2. The number of ketones is 1. The Kier molecular flexibility index (Phi) is 9.58. The van der Waals surface area contributed by atoms with Gasteiger partial charge in [-0.2, -0.15) is 0 Å². The first kappa shape index (κ1) is 25.7. The predicted molar refractivity (Wildman–Crippen MR) is 146 cm³/mol. The maximum atomic E-state index is 13.3. The highest BCUT2D eigenvalue weighted by Gasteiger charge is 2.48. The van der Waals surface area contributed by atoms with Crippen molar-refractivity contribution in [3.05, 3.63) is 23.8 Å². The Hall–Kier alpha value is -0.930. The van der Waals surface area contributed by atoms with E-state index in [1.54, 1.807) is 5.57 Å². The minimum atomic E-state index is 0.319. The summed E-state index contributed by atoms with van der Waals surface area (Å²) >= 11 is 0. The highest BCUT2D eigenvalue weighted by molar-refractivity contribution is 5.82. The van der Waals surface area contributed by atoms with Crippen LogP contribution in [0.3, 0.4) is 0 Å². The van der Waals surface area contributed by atoms with Gasteiger partial charge in [-0.1, -0.05) is 62.3 Å². The number of allylic oxidation sites excluding steroid dienone is 2. The van der Waals surface area contributed by atoms with E-state index in [0.29, 0.717) is 23.7 Å². The number of rotatable bonds is 0. The molecule has 0 spiro atoms. The van der Waals surface area contributed by atoms with Gasteiger partial charge >= 0.3 is 0 Å². The van der Waals surface area contributed by atoms with Gasteiger partial charge in [0, 0.05) is 38.0 Å². The normalized spacial score (nSPS) is 38.6. The molecule has 0 N–H and O–H groups in total. The van der Waals surface area contributed by atoms with Gasteiger partial charge in [-0.3, -0.25) is 14.6 Å². The van der Waals surface area contributed by atoms with Crippen molar-refractivity contribution in [2.75, 3.05) is 32.7 Å². The topological polar surface area (TPSA) is 23.6 Å². The Labute approximate surface area is 215 Å². The van der Waals surface area contributed by atoms with Gasteiger partial charge in [0.25, 0.3) is 0 Å². The van der Waals surface area contributed by atoms with Gasteiger partial charge in [-0.15, -0.1) is 0 Å². The van der Waals surface area contributed by atoms with Crippen LogP contribution in [0, 0.1) is 23.7 Å². The summed E-state index contributed by atoms with van der Waals surface area (Å²) in [6.45, 7) is 6.04. The Bertz CT molecular complexity index is 742. The first-order valence-electron chi connectivity index (χ1n) is 15.6. The van der Waals surface area contributed by atoms with Crippen molar-refractivity contribution >= 4 is 5.78 Å². The molecule has 35 heavy (non-hydrogen) atoms. The van der Waals surface area contributed by atoms with Crippen molar-refractivity contribution in [2.24, 2.45) is 23.7 Å². The summed E-state index contributed by atoms with van der Waals surface area (Å²) < 4.78 is 0. The van der Waals surface area contributed by atoms with Crippen LogP contribution < -0.4 is 0 Å². The lowest BCUT2D eigenvalue weighted by Crippen LogP contribution is -2.59. The molecule has 0 amide bonds. The molecule has 196 valence electrons. The lowest BCUT2D eigenvalue weighted by atomic mass is 9.64. The maximum Gasteiger partial charge on any atom is 0.138 e. The summed E-state index contributed by atoms with van der Waals surface area (Å²) in [7, 11) is 0. The Morgan fingerprint density at radius 1 is 0.686 bits per heavy atom. The third-order valence-electron chi connectivity index (χ3n) is 10.2. The molecule has 2 fully saturated rings. The summed E-state index contributed by atoms with van der Waals surface area (Å²) in [5.74, 6) is 3.13. The van der Waals surface area contributed by atoms with Crippen molar-refractivity contribution in [3.8, 4) is 0 Å². The van der Waals surface area contributed by atoms with Gasteiger partial charge in [0.1, 0.15) is 5.78 Å². The number of hydrogen-bond acceptors (Lipinski definition) is 3. The highest BCUT2D eigenvalue weighted by Crippen LogP contribution is 2.45. The van der Waals surface area contributed by atoms with Crippen molar-refractivity contribution in [1.82, 2.24) is 9.80 Å². The number of Topliss-reactive ketones (excluding diaryl/α,β-unsaturated/α-hetero) is 1. The van der Waals surface area contributed by atoms with E-state index in [2.05, 4.69) is 28.0 Å². The molecule has 0 aromatic carbocycles. The van der Waals surface area contributed by atoms with Crippen molar-refractivity contribution in [2.45, 2.75) is 115 Å². The molecule has 6 bridgehead atoms. The van der Waals surface area contributed by atoms with E-state index in [0.717, 1.165) is 31.2 Å². The van der Waals surface area contributed by atoms with Gasteiger partial charge in [-0.05, 0) is 95.1 Å². The first-order chi connectivity index (χ1) is 17.3. The van der Waals surface area contributed by atoms with Gasteiger partial charge in [0.2, 0.25) is 0 Å². The lowest BCUT2D eigenvalue weighted by Gasteiger charge is -2.53. The minimum absolute atomic E-state index is 0.319. The second-order valence-electron chi connectivity index (χ2n) is 12.6. The summed E-state index contributed by atoms with van der Waals surface area (Å²) in [5.41, 5.74) is 1.75. The van der Waals surface area contributed by atoms with Crippen LogP contribution in [0.25, 0.3) is 0 Å². The highest BCUT2D eigenvalue weighted by atomic mass is 16.1. The monoisotopic (exact) mass is 480 g/mol. The molecule has 0 aromatic rings. The van der Waals surface area contributed by atoms with Crippen LogP contribution in [0.2, 0.25) is 0 Å². The molecule has 3 heteroatoms.